The van der Waals surface area contributed by atoms with Crippen LogP contribution >= 0.6 is 23.2 Å². The van der Waals surface area contributed by atoms with E-state index >= 15 is 0 Å². The van der Waals surface area contributed by atoms with Crippen LogP contribution in [-0.2, 0) is 11.3 Å². The number of nitrogens with zero attached hydrogens (tertiary/aromatic N) is 3. The maximum absolute atomic E-state index is 13.7. The van der Waals surface area contributed by atoms with Crippen LogP contribution in [-0.4, -0.2) is 20.7 Å². The molecular formula is C20H14Cl2F2N4O2. The van der Waals surface area contributed by atoms with E-state index in [2.05, 4.69) is 15.4 Å². The SMILES string of the molecule is Cc1nn(CC(=O)Nc2c(Cl)cccc2Cl)c2nc(-c3ccco3)cc(C(F)F)c12. The molecule has 0 aliphatic rings. The second kappa shape index (κ2) is 8.04. The van der Waals surface area contributed by atoms with Crippen LogP contribution in [0.3, 0.4) is 0 Å². The first-order chi connectivity index (χ1) is 14.3. The first kappa shape index (κ1) is 20.3. The van der Waals surface area contributed by atoms with Gasteiger partial charge in [0.05, 0.1) is 33.1 Å². The summed E-state index contributed by atoms with van der Waals surface area (Å²) >= 11 is 12.2. The number of pyridine rings is 1. The largest absolute Gasteiger partial charge is 0.463 e. The van der Waals surface area contributed by atoms with Crippen molar-refractivity contribution in [1.29, 1.82) is 0 Å². The Bertz CT molecular complexity index is 1220. The van der Waals surface area contributed by atoms with Crippen LogP contribution in [0.15, 0.2) is 47.1 Å². The van der Waals surface area contributed by atoms with E-state index in [1.54, 1.807) is 37.3 Å². The van der Waals surface area contributed by atoms with Crippen molar-refractivity contribution in [3.63, 3.8) is 0 Å². The molecule has 4 aromatic rings. The minimum Gasteiger partial charge on any atom is -0.463 e. The Morgan fingerprint density at radius 3 is 2.60 bits per heavy atom. The molecule has 0 saturated heterocycles. The van der Waals surface area contributed by atoms with Crippen LogP contribution in [0.25, 0.3) is 22.5 Å². The molecule has 0 atom stereocenters. The van der Waals surface area contributed by atoms with E-state index in [9.17, 15) is 13.6 Å². The Kier molecular flexibility index (Phi) is 5.44. The van der Waals surface area contributed by atoms with Gasteiger partial charge in [-0.15, -0.1) is 0 Å². The Morgan fingerprint density at radius 2 is 1.97 bits per heavy atom. The summed E-state index contributed by atoms with van der Waals surface area (Å²) < 4.78 is 34.0. The van der Waals surface area contributed by atoms with E-state index in [-0.39, 0.29) is 44.6 Å². The average Bonchev–Trinajstić information content (AvgIpc) is 3.33. The van der Waals surface area contributed by atoms with Crippen molar-refractivity contribution in [2.24, 2.45) is 0 Å². The van der Waals surface area contributed by atoms with Crippen LogP contribution in [0, 0.1) is 6.92 Å². The number of carbonyl (C=O) groups excluding carboxylic acids is 1. The van der Waals surface area contributed by atoms with Crippen LogP contribution in [0.2, 0.25) is 10.0 Å². The van der Waals surface area contributed by atoms with E-state index in [1.807, 2.05) is 0 Å². The summed E-state index contributed by atoms with van der Waals surface area (Å²) in [5.41, 5.74) is 0.735. The summed E-state index contributed by atoms with van der Waals surface area (Å²) in [6, 6.07) is 9.34. The maximum Gasteiger partial charge on any atom is 0.264 e. The number of hydrogen-bond acceptors (Lipinski definition) is 4. The van der Waals surface area contributed by atoms with Crippen molar-refractivity contribution in [3.05, 3.63) is 64.0 Å². The number of para-hydroxylation sites is 1. The van der Waals surface area contributed by atoms with Gasteiger partial charge in [-0.3, -0.25) is 4.79 Å². The van der Waals surface area contributed by atoms with Gasteiger partial charge in [-0.25, -0.2) is 18.4 Å². The minimum absolute atomic E-state index is 0.150. The van der Waals surface area contributed by atoms with Gasteiger partial charge in [-0.05, 0) is 37.3 Å². The smallest absolute Gasteiger partial charge is 0.264 e. The van der Waals surface area contributed by atoms with Crippen LogP contribution in [0.4, 0.5) is 14.5 Å². The van der Waals surface area contributed by atoms with E-state index in [1.165, 1.54) is 17.0 Å². The van der Waals surface area contributed by atoms with Crippen molar-refractivity contribution in [2.45, 2.75) is 19.9 Å². The van der Waals surface area contributed by atoms with Gasteiger partial charge in [-0.1, -0.05) is 29.3 Å². The third-order valence-electron chi connectivity index (χ3n) is 4.44. The monoisotopic (exact) mass is 450 g/mol. The molecule has 0 unspecified atom stereocenters. The molecule has 6 nitrogen and oxygen atoms in total. The number of alkyl halides is 2. The zero-order valence-corrected chi connectivity index (χ0v) is 17.0. The quantitative estimate of drug-likeness (QED) is 0.411. The molecule has 3 aromatic heterocycles. The molecule has 30 heavy (non-hydrogen) atoms. The molecule has 4 rings (SSSR count). The van der Waals surface area contributed by atoms with Gasteiger partial charge >= 0.3 is 0 Å². The minimum atomic E-state index is -2.75. The predicted molar refractivity (Wildman–Crippen MR) is 110 cm³/mol. The van der Waals surface area contributed by atoms with Crippen LogP contribution < -0.4 is 5.32 Å². The van der Waals surface area contributed by atoms with Crippen LogP contribution in [0.1, 0.15) is 17.7 Å². The van der Waals surface area contributed by atoms with Crippen molar-refractivity contribution in [3.8, 4) is 11.5 Å². The van der Waals surface area contributed by atoms with Crippen molar-refractivity contribution in [1.82, 2.24) is 14.8 Å². The summed E-state index contributed by atoms with van der Waals surface area (Å²) in [5, 5.41) is 7.61. The molecule has 0 aliphatic carbocycles. The average molecular weight is 451 g/mol. The number of carbonyl (C=O) groups is 1. The maximum atomic E-state index is 13.7. The highest BCUT2D eigenvalue weighted by molar-refractivity contribution is 6.39. The molecule has 0 radical (unpaired) electrons. The molecule has 0 spiro atoms. The number of aromatic nitrogens is 3. The van der Waals surface area contributed by atoms with E-state index in [0.29, 0.717) is 11.5 Å². The van der Waals surface area contributed by atoms with Crippen molar-refractivity contribution in [2.75, 3.05) is 5.32 Å². The van der Waals surface area contributed by atoms with Crippen molar-refractivity contribution < 1.29 is 18.0 Å². The lowest BCUT2D eigenvalue weighted by atomic mass is 10.1. The molecule has 1 aromatic carbocycles. The van der Waals surface area contributed by atoms with E-state index in [4.69, 9.17) is 27.6 Å². The number of rotatable bonds is 5. The van der Waals surface area contributed by atoms with Gasteiger partial charge in [0.1, 0.15) is 12.2 Å². The predicted octanol–water partition coefficient (Wildman–Crippen LogP) is 5.88. The molecular weight excluding hydrogens is 437 g/mol. The van der Waals surface area contributed by atoms with Crippen LogP contribution in [0.5, 0.6) is 0 Å². The lowest BCUT2D eigenvalue weighted by molar-refractivity contribution is -0.116. The lowest BCUT2D eigenvalue weighted by Gasteiger charge is -2.10. The standard InChI is InChI=1S/C20H14Cl2F2N4O2/c1-10-17-11(19(23)24)8-14(15-6-3-7-30-15)25-20(17)28(27-10)9-16(29)26-18-12(21)4-2-5-13(18)22/h2-8,19H,9H2,1H3,(H,26,29). The number of aryl methyl sites for hydroxylation is 1. The number of hydrogen-bond donors (Lipinski definition) is 1. The zero-order valence-electron chi connectivity index (χ0n) is 15.5. The molecule has 0 fully saturated rings. The normalized spacial score (nSPS) is 11.4. The Balaban J connectivity index is 1.75. The zero-order chi connectivity index (χ0) is 21.4. The molecule has 10 heteroatoms. The number of benzene rings is 1. The molecule has 1 N–H and O–H groups in total. The van der Waals surface area contributed by atoms with E-state index in [0.717, 1.165) is 0 Å². The number of nitrogens with one attached hydrogen (secondary N) is 1. The highest BCUT2D eigenvalue weighted by Gasteiger charge is 2.23. The highest BCUT2D eigenvalue weighted by atomic mass is 35.5. The van der Waals surface area contributed by atoms with Gasteiger partial charge in [0.25, 0.3) is 6.43 Å². The fourth-order valence-corrected chi connectivity index (χ4v) is 3.64. The summed E-state index contributed by atoms with van der Waals surface area (Å²) in [7, 11) is 0. The highest BCUT2D eigenvalue weighted by Crippen LogP contribution is 2.33. The van der Waals surface area contributed by atoms with Gasteiger partial charge in [-0.2, -0.15) is 5.10 Å². The number of halogens is 4. The number of fused-ring (bicyclic) bond motifs is 1. The van der Waals surface area contributed by atoms with Gasteiger partial charge in [0.2, 0.25) is 5.91 Å². The van der Waals surface area contributed by atoms with Gasteiger partial charge in [0.15, 0.2) is 11.4 Å². The number of furan rings is 1. The third-order valence-corrected chi connectivity index (χ3v) is 5.07. The molecule has 3 heterocycles. The first-order valence-corrected chi connectivity index (χ1v) is 9.54. The topological polar surface area (TPSA) is 73.0 Å². The number of amides is 1. The Morgan fingerprint density at radius 1 is 1.23 bits per heavy atom. The second-order valence-corrected chi connectivity index (χ2v) is 7.28. The fraction of sp³-hybridized carbons (Fsp3) is 0.150. The third kappa shape index (κ3) is 3.76. The summed E-state index contributed by atoms with van der Waals surface area (Å²) in [5.74, 6) is -0.158. The number of anilines is 1. The summed E-state index contributed by atoms with van der Waals surface area (Å²) in [6.45, 7) is 1.31. The van der Waals surface area contributed by atoms with E-state index < -0.39 is 12.3 Å². The summed E-state index contributed by atoms with van der Waals surface area (Å²) in [4.78, 5) is 17.0. The van der Waals surface area contributed by atoms with Crippen molar-refractivity contribution >= 4 is 45.8 Å². The fourth-order valence-electron chi connectivity index (χ4n) is 3.15. The molecule has 0 bridgehead atoms. The second-order valence-electron chi connectivity index (χ2n) is 6.46. The Labute approximate surface area is 179 Å². The van der Waals surface area contributed by atoms with Gasteiger partial charge < -0.3 is 9.73 Å². The molecule has 1 amide bonds. The Hall–Kier alpha value is -2.97. The molecule has 0 aliphatic heterocycles. The first-order valence-electron chi connectivity index (χ1n) is 8.79. The van der Waals surface area contributed by atoms with Gasteiger partial charge in [0, 0.05) is 5.56 Å². The molecule has 0 saturated carbocycles. The lowest BCUT2D eigenvalue weighted by Crippen LogP contribution is -2.20. The summed E-state index contributed by atoms with van der Waals surface area (Å²) in [6.07, 6.45) is -1.33. The molecule has 154 valence electrons.